The average Bonchev–Trinajstić information content (AvgIpc) is 2.77. The van der Waals surface area contributed by atoms with Crippen molar-refractivity contribution in [2.24, 2.45) is 0 Å². The molecule has 0 amide bonds. The number of carbonyl (C=O) groups excluding carboxylic acids is 1. The van der Waals surface area contributed by atoms with Crippen molar-refractivity contribution in [3.8, 4) is 0 Å². The highest BCUT2D eigenvalue weighted by atomic mass is 16.2. The maximum atomic E-state index is 11.9. The Labute approximate surface area is 87.6 Å². The van der Waals surface area contributed by atoms with Crippen LogP contribution in [0.4, 0.5) is 0 Å². The molecular weight excluding hydrogens is 190 g/mol. The minimum Gasteiger partial charge on any atom is -0.268 e. The first-order chi connectivity index (χ1) is 7.33. The fourth-order valence-corrected chi connectivity index (χ4v) is 1.39. The lowest BCUT2D eigenvalue weighted by molar-refractivity contribution is 0.0952. The van der Waals surface area contributed by atoms with Gasteiger partial charge in [0, 0.05) is 25.0 Å². The topological polar surface area (TPSA) is 47.8 Å². The van der Waals surface area contributed by atoms with E-state index in [4.69, 9.17) is 0 Å². The van der Waals surface area contributed by atoms with E-state index in [0.717, 1.165) is 12.2 Å². The number of aryl methyl sites for hydroxylation is 1. The summed E-state index contributed by atoms with van der Waals surface area (Å²) in [6, 6.07) is 5.27. The van der Waals surface area contributed by atoms with Crippen molar-refractivity contribution in [1.29, 1.82) is 0 Å². The molecule has 0 fully saturated rings. The standard InChI is InChI=1S/C11H11N3O/c1-2-10-13-7-8-14(10)11(15)9-5-3-4-6-12-9/h3-8H,2H2,1H3. The second-order valence-corrected chi connectivity index (χ2v) is 3.09. The Balaban J connectivity index is 2.37. The number of aromatic nitrogens is 3. The van der Waals surface area contributed by atoms with E-state index in [9.17, 15) is 4.79 Å². The van der Waals surface area contributed by atoms with Crippen molar-refractivity contribution in [1.82, 2.24) is 14.5 Å². The molecule has 0 aliphatic carbocycles. The third kappa shape index (κ3) is 1.79. The van der Waals surface area contributed by atoms with E-state index < -0.39 is 0 Å². The molecule has 4 nitrogen and oxygen atoms in total. The largest absolute Gasteiger partial charge is 0.281 e. The van der Waals surface area contributed by atoms with Gasteiger partial charge in [-0.15, -0.1) is 0 Å². The lowest BCUT2D eigenvalue weighted by Crippen LogP contribution is -2.15. The zero-order valence-electron chi connectivity index (χ0n) is 8.42. The van der Waals surface area contributed by atoms with Crippen LogP contribution in [0.15, 0.2) is 36.8 Å². The highest BCUT2D eigenvalue weighted by Crippen LogP contribution is 2.03. The summed E-state index contributed by atoms with van der Waals surface area (Å²) in [6.07, 6.45) is 5.62. The highest BCUT2D eigenvalue weighted by molar-refractivity contribution is 5.94. The van der Waals surface area contributed by atoms with Gasteiger partial charge in [0.15, 0.2) is 0 Å². The molecule has 4 heteroatoms. The lowest BCUT2D eigenvalue weighted by Gasteiger charge is -2.03. The van der Waals surface area contributed by atoms with E-state index >= 15 is 0 Å². The lowest BCUT2D eigenvalue weighted by atomic mass is 10.3. The molecular formula is C11H11N3O. The second kappa shape index (κ2) is 4.04. The molecule has 0 bridgehead atoms. The van der Waals surface area contributed by atoms with Gasteiger partial charge in [-0.1, -0.05) is 13.0 Å². The molecule has 0 radical (unpaired) electrons. The van der Waals surface area contributed by atoms with Gasteiger partial charge in [0.25, 0.3) is 5.91 Å². The van der Waals surface area contributed by atoms with Crippen molar-refractivity contribution >= 4 is 5.91 Å². The van der Waals surface area contributed by atoms with Gasteiger partial charge in [0.1, 0.15) is 11.5 Å². The van der Waals surface area contributed by atoms with Crippen LogP contribution in [0.25, 0.3) is 0 Å². The van der Waals surface area contributed by atoms with Gasteiger partial charge < -0.3 is 0 Å². The Kier molecular flexibility index (Phi) is 2.58. The maximum Gasteiger partial charge on any atom is 0.281 e. The van der Waals surface area contributed by atoms with Crippen LogP contribution < -0.4 is 0 Å². The van der Waals surface area contributed by atoms with E-state index in [1.807, 2.05) is 6.92 Å². The zero-order valence-corrected chi connectivity index (χ0v) is 8.42. The summed E-state index contributed by atoms with van der Waals surface area (Å²) in [7, 11) is 0. The molecule has 0 saturated heterocycles. The summed E-state index contributed by atoms with van der Waals surface area (Å²) in [6.45, 7) is 1.96. The summed E-state index contributed by atoms with van der Waals surface area (Å²) in [4.78, 5) is 20.1. The number of carbonyl (C=O) groups is 1. The van der Waals surface area contributed by atoms with E-state index in [2.05, 4.69) is 9.97 Å². The third-order valence-electron chi connectivity index (χ3n) is 2.14. The number of pyridine rings is 1. The molecule has 0 spiro atoms. The van der Waals surface area contributed by atoms with Crippen LogP contribution in [0.2, 0.25) is 0 Å². The Morgan fingerprint density at radius 2 is 2.20 bits per heavy atom. The van der Waals surface area contributed by atoms with Crippen LogP contribution in [-0.2, 0) is 6.42 Å². The van der Waals surface area contributed by atoms with Crippen LogP contribution >= 0.6 is 0 Å². The molecule has 0 aromatic carbocycles. The summed E-state index contributed by atoms with van der Waals surface area (Å²) in [5.41, 5.74) is 0.435. The minimum atomic E-state index is -0.134. The van der Waals surface area contributed by atoms with Gasteiger partial charge in [-0.25, -0.2) is 4.98 Å². The molecule has 0 atom stereocenters. The SMILES string of the molecule is CCc1nccn1C(=O)c1ccccn1. The van der Waals surface area contributed by atoms with E-state index in [1.54, 1.807) is 36.8 Å². The molecule has 15 heavy (non-hydrogen) atoms. The number of nitrogens with zero attached hydrogens (tertiary/aromatic N) is 3. The van der Waals surface area contributed by atoms with Gasteiger partial charge in [-0.2, -0.15) is 0 Å². The molecule has 76 valence electrons. The third-order valence-corrected chi connectivity index (χ3v) is 2.14. The first-order valence-electron chi connectivity index (χ1n) is 4.81. The van der Waals surface area contributed by atoms with E-state index in [1.165, 1.54) is 4.57 Å². The highest BCUT2D eigenvalue weighted by Gasteiger charge is 2.11. The Hall–Kier alpha value is -1.97. The predicted molar refractivity (Wildman–Crippen MR) is 55.6 cm³/mol. The zero-order chi connectivity index (χ0) is 10.7. The smallest absolute Gasteiger partial charge is 0.268 e. The number of rotatable bonds is 2. The molecule has 0 aliphatic rings. The van der Waals surface area contributed by atoms with E-state index in [-0.39, 0.29) is 5.91 Å². The van der Waals surface area contributed by atoms with Crippen molar-refractivity contribution in [3.05, 3.63) is 48.3 Å². The van der Waals surface area contributed by atoms with Gasteiger partial charge in [-0.05, 0) is 12.1 Å². The molecule has 0 N–H and O–H groups in total. The fraction of sp³-hybridized carbons (Fsp3) is 0.182. The molecule has 2 aromatic rings. The molecule has 0 aliphatic heterocycles. The molecule has 0 unspecified atom stereocenters. The Morgan fingerprint density at radius 3 is 2.87 bits per heavy atom. The van der Waals surface area contributed by atoms with Crippen LogP contribution in [0.5, 0.6) is 0 Å². The molecule has 0 saturated carbocycles. The van der Waals surface area contributed by atoms with Crippen LogP contribution in [-0.4, -0.2) is 20.4 Å². The van der Waals surface area contributed by atoms with Gasteiger partial charge in [0.05, 0.1) is 0 Å². The summed E-state index contributed by atoms with van der Waals surface area (Å²) >= 11 is 0. The Bertz CT molecular complexity index is 462. The van der Waals surface area contributed by atoms with E-state index in [0.29, 0.717) is 5.69 Å². The van der Waals surface area contributed by atoms with Crippen molar-refractivity contribution < 1.29 is 4.79 Å². The average molecular weight is 201 g/mol. The Morgan fingerprint density at radius 1 is 1.33 bits per heavy atom. The van der Waals surface area contributed by atoms with Crippen molar-refractivity contribution in [3.63, 3.8) is 0 Å². The van der Waals surface area contributed by atoms with Crippen LogP contribution in [0.3, 0.4) is 0 Å². The molecule has 2 rings (SSSR count). The molecule has 2 aromatic heterocycles. The number of hydrogen-bond acceptors (Lipinski definition) is 3. The number of imidazole rings is 1. The van der Waals surface area contributed by atoms with Gasteiger partial charge in [0.2, 0.25) is 0 Å². The predicted octanol–water partition coefficient (Wildman–Crippen LogP) is 1.53. The number of hydrogen-bond donors (Lipinski definition) is 0. The van der Waals surface area contributed by atoms with Crippen LogP contribution in [0, 0.1) is 0 Å². The fourth-order valence-electron chi connectivity index (χ4n) is 1.39. The van der Waals surface area contributed by atoms with Crippen LogP contribution in [0.1, 0.15) is 23.2 Å². The first kappa shape index (κ1) is 9.58. The van der Waals surface area contributed by atoms with Crippen molar-refractivity contribution in [2.75, 3.05) is 0 Å². The second-order valence-electron chi connectivity index (χ2n) is 3.09. The summed E-state index contributed by atoms with van der Waals surface area (Å²) in [5, 5.41) is 0. The molecule has 2 heterocycles. The summed E-state index contributed by atoms with van der Waals surface area (Å²) < 4.78 is 1.53. The maximum absolute atomic E-state index is 11.9. The minimum absolute atomic E-state index is 0.134. The normalized spacial score (nSPS) is 10.2. The van der Waals surface area contributed by atoms with Gasteiger partial charge in [-0.3, -0.25) is 14.3 Å². The van der Waals surface area contributed by atoms with Crippen molar-refractivity contribution in [2.45, 2.75) is 13.3 Å². The summed E-state index contributed by atoms with van der Waals surface area (Å²) in [5.74, 6) is 0.621. The first-order valence-corrected chi connectivity index (χ1v) is 4.81. The van der Waals surface area contributed by atoms with Gasteiger partial charge >= 0.3 is 0 Å². The quantitative estimate of drug-likeness (QED) is 0.740. The monoisotopic (exact) mass is 201 g/mol.